The summed E-state index contributed by atoms with van der Waals surface area (Å²) in [6.07, 6.45) is 2.43. The van der Waals surface area contributed by atoms with Crippen LogP contribution in [0.2, 0.25) is 0 Å². The van der Waals surface area contributed by atoms with Crippen molar-refractivity contribution in [3.8, 4) is 0 Å². The number of benzene rings is 1. The summed E-state index contributed by atoms with van der Waals surface area (Å²) in [6.45, 7) is 6.53. The van der Waals surface area contributed by atoms with Gasteiger partial charge in [-0.05, 0) is 53.9 Å². The van der Waals surface area contributed by atoms with Gasteiger partial charge in [-0.3, -0.25) is 0 Å². The minimum atomic E-state index is 0.541. The molecule has 0 saturated carbocycles. The molecule has 1 atom stereocenters. The molecule has 78 valence electrons. The van der Waals surface area contributed by atoms with Crippen molar-refractivity contribution in [1.29, 1.82) is 0 Å². The molecule has 0 aromatic heterocycles. The monoisotopic (exact) mass is 255 g/mol. The average Bonchev–Trinajstić information content (AvgIpc) is 2.10. The van der Waals surface area contributed by atoms with Crippen LogP contribution in [0.1, 0.15) is 32.3 Å². The number of hydrogen-bond acceptors (Lipinski definition) is 1. The Morgan fingerprint density at radius 2 is 2.14 bits per heavy atom. The molecule has 1 unspecified atom stereocenters. The third-order valence-corrected chi connectivity index (χ3v) is 2.90. The Labute approximate surface area is 95.0 Å². The largest absolute Gasteiger partial charge is 0.382 e. The molecule has 0 spiro atoms. The lowest BCUT2D eigenvalue weighted by molar-refractivity contribution is 0.690. The van der Waals surface area contributed by atoms with Crippen LogP contribution in [0.25, 0.3) is 0 Å². The second-order valence-corrected chi connectivity index (χ2v) is 4.67. The minimum absolute atomic E-state index is 0.541. The molecular weight excluding hydrogens is 238 g/mol. The van der Waals surface area contributed by atoms with E-state index in [2.05, 4.69) is 60.2 Å². The molecule has 0 amide bonds. The van der Waals surface area contributed by atoms with Crippen molar-refractivity contribution in [2.24, 2.45) is 0 Å². The smallest absolute Gasteiger partial charge is 0.0486 e. The number of rotatable bonds is 4. The van der Waals surface area contributed by atoms with E-state index >= 15 is 0 Å². The summed E-state index contributed by atoms with van der Waals surface area (Å²) >= 11 is 3.56. The van der Waals surface area contributed by atoms with Crippen LogP contribution in [-0.2, 0) is 0 Å². The van der Waals surface area contributed by atoms with Crippen molar-refractivity contribution < 1.29 is 0 Å². The number of hydrogen-bond donors (Lipinski definition) is 1. The van der Waals surface area contributed by atoms with E-state index in [0.717, 1.165) is 4.47 Å². The Hall–Kier alpha value is -0.500. The number of halogens is 1. The molecule has 2 heteroatoms. The van der Waals surface area contributed by atoms with Gasteiger partial charge in [0.1, 0.15) is 0 Å². The van der Waals surface area contributed by atoms with Gasteiger partial charge in [-0.2, -0.15) is 0 Å². The van der Waals surface area contributed by atoms with Gasteiger partial charge in [-0.1, -0.05) is 19.4 Å². The summed E-state index contributed by atoms with van der Waals surface area (Å²) in [5, 5.41) is 3.49. The maximum Gasteiger partial charge on any atom is 0.0486 e. The molecule has 14 heavy (non-hydrogen) atoms. The fourth-order valence-corrected chi connectivity index (χ4v) is 2.12. The van der Waals surface area contributed by atoms with Gasteiger partial charge in [0.05, 0.1) is 0 Å². The zero-order chi connectivity index (χ0) is 10.6. The van der Waals surface area contributed by atoms with Crippen LogP contribution in [0.4, 0.5) is 5.69 Å². The fourth-order valence-electron chi connectivity index (χ4n) is 1.51. The molecule has 1 N–H and O–H groups in total. The Morgan fingerprint density at radius 3 is 2.71 bits per heavy atom. The van der Waals surface area contributed by atoms with Gasteiger partial charge < -0.3 is 5.32 Å². The van der Waals surface area contributed by atoms with Crippen molar-refractivity contribution in [2.75, 3.05) is 5.32 Å². The molecule has 0 bridgehead atoms. The SMILES string of the molecule is CCCC(C)Nc1ccc(C)cc1Br. The maximum atomic E-state index is 3.56. The predicted octanol–water partition coefficient (Wildman–Crippen LogP) is 4.36. The first-order valence-corrected chi connectivity index (χ1v) is 5.95. The third-order valence-electron chi connectivity index (χ3n) is 2.25. The van der Waals surface area contributed by atoms with Crippen LogP contribution >= 0.6 is 15.9 Å². The Balaban J connectivity index is 2.67. The van der Waals surface area contributed by atoms with Crippen LogP contribution in [0.5, 0.6) is 0 Å². The Kier molecular flexibility index (Phi) is 4.46. The normalized spacial score (nSPS) is 12.6. The van der Waals surface area contributed by atoms with E-state index in [1.54, 1.807) is 0 Å². The van der Waals surface area contributed by atoms with Crippen LogP contribution < -0.4 is 5.32 Å². The molecule has 1 aromatic carbocycles. The zero-order valence-corrected chi connectivity index (χ0v) is 10.7. The molecular formula is C12H18BrN. The number of anilines is 1. The standard InChI is InChI=1S/C12H18BrN/c1-4-5-10(3)14-12-7-6-9(2)8-11(12)13/h6-8,10,14H,4-5H2,1-3H3. The van der Waals surface area contributed by atoms with Crippen molar-refractivity contribution in [3.05, 3.63) is 28.2 Å². The van der Waals surface area contributed by atoms with Gasteiger partial charge in [0.15, 0.2) is 0 Å². The van der Waals surface area contributed by atoms with Gasteiger partial charge >= 0.3 is 0 Å². The predicted molar refractivity (Wildman–Crippen MR) is 66.9 cm³/mol. The highest BCUT2D eigenvalue weighted by atomic mass is 79.9. The highest BCUT2D eigenvalue weighted by molar-refractivity contribution is 9.10. The highest BCUT2D eigenvalue weighted by Crippen LogP contribution is 2.24. The van der Waals surface area contributed by atoms with Crippen LogP contribution in [0.3, 0.4) is 0 Å². The lowest BCUT2D eigenvalue weighted by Crippen LogP contribution is -2.14. The number of nitrogens with one attached hydrogen (secondary N) is 1. The minimum Gasteiger partial charge on any atom is -0.382 e. The topological polar surface area (TPSA) is 12.0 Å². The van der Waals surface area contributed by atoms with Crippen molar-refractivity contribution in [1.82, 2.24) is 0 Å². The van der Waals surface area contributed by atoms with Gasteiger partial charge in [-0.25, -0.2) is 0 Å². The van der Waals surface area contributed by atoms with E-state index in [0.29, 0.717) is 6.04 Å². The van der Waals surface area contributed by atoms with Crippen molar-refractivity contribution in [3.63, 3.8) is 0 Å². The van der Waals surface area contributed by atoms with Crippen LogP contribution in [-0.4, -0.2) is 6.04 Å². The third kappa shape index (κ3) is 3.33. The van der Waals surface area contributed by atoms with Gasteiger partial charge in [-0.15, -0.1) is 0 Å². The molecule has 1 rings (SSSR count). The van der Waals surface area contributed by atoms with E-state index < -0.39 is 0 Å². The van der Waals surface area contributed by atoms with Crippen LogP contribution in [0.15, 0.2) is 22.7 Å². The van der Waals surface area contributed by atoms with Gasteiger partial charge in [0, 0.05) is 16.2 Å². The quantitative estimate of drug-likeness (QED) is 0.844. The van der Waals surface area contributed by atoms with Gasteiger partial charge in [0.2, 0.25) is 0 Å². The van der Waals surface area contributed by atoms with E-state index in [9.17, 15) is 0 Å². The zero-order valence-electron chi connectivity index (χ0n) is 9.10. The number of aryl methyl sites for hydroxylation is 1. The highest BCUT2D eigenvalue weighted by Gasteiger charge is 2.03. The molecule has 0 saturated heterocycles. The van der Waals surface area contributed by atoms with E-state index in [1.807, 2.05) is 0 Å². The summed E-state index contributed by atoms with van der Waals surface area (Å²) in [7, 11) is 0. The average molecular weight is 256 g/mol. The van der Waals surface area contributed by atoms with Crippen molar-refractivity contribution in [2.45, 2.75) is 39.7 Å². The molecule has 0 aliphatic rings. The Morgan fingerprint density at radius 1 is 1.43 bits per heavy atom. The molecule has 0 fully saturated rings. The van der Waals surface area contributed by atoms with E-state index in [1.165, 1.54) is 24.1 Å². The second-order valence-electron chi connectivity index (χ2n) is 3.82. The Bertz CT molecular complexity index is 296. The summed E-state index contributed by atoms with van der Waals surface area (Å²) in [5.41, 5.74) is 2.47. The molecule has 1 nitrogen and oxygen atoms in total. The van der Waals surface area contributed by atoms with Crippen LogP contribution in [0, 0.1) is 6.92 Å². The first kappa shape index (κ1) is 11.6. The lowest BCUT2D eigenvalue weighted by Gasteiger charge is -2.15. The first-order valence-electron chi connectivity index (χ1n) is 5.16. The molecule has 0 radical (unpaired) electrons. The van der Waals surface area contributed by atoms with E-state index in [-0.39, 0.29) is 0 Å². The summed E-state index contributed by atoms with van der Waals surface area (Å²) in [4.78, 5) is 0. The molecule has 0 aliphatic heterocycles. The summed E-state index contributed by atoms with van der Waals surface area (Å²) in [5.74, 6) is 0. The maximum absolute atomic E-state index is 3.56. The molecule has 1 aromatic rings. The lowest BCUT2D eigenvalue weighted by atomic mass is 10.1. The molecule has 0 heterocycles. The molecule has 0 aliphatic carbocycles. The second kappa shape index (κ2) is 5.40. The fraction of sp³-hybridized carbons (Fsp3) is 0.500. The van der Waals surface area contributed by atoms with Gasteiger partial charge in [0.25, 0.3) is 0 Å². The summed E-state index contributed by atoms with van der Waals surface area (Å²) in [6, 6.07) is 6.94. The summed E-state index contributed by atoms with van der Waals surface area (Å²) < 4.78 is 1.15. The first-order chi connectivity index (χ1) is 6.63. The van der Waals surface area contributed by atoms with E-state index in [4.69, 9.17) is 0 Å². The van der Waals surface area contributed by atoms with Crippen molar-refractivity contribution >= 4 is 21.6 Å².